The second-order valence-electron chi connectivity index (χ2n) is 5.37. The fraction of sp³-hybridized carbons (Fsp3) is 0.312. The third-order valence-electron chi connectivity index (χ3n) is 3.54. The van der Waals surface area contributed by atoms with Gasteiger partial charge in [-0.3, -0.25) is 0 Å². The van der Waals surface area contributed by atoms with E-state index >= 15 is 0 Å². The number of nitrogens with one attached hydrogen (secondary N) is 1. The fourth-order valence-corrected chi connectivity index (χ4v) is 2.23. The van der Waals surface area contributed by atoms with Crippen molar-refractivity contribution in [2.45, 2.75) is 33.0 Å². The van der Waals surface area contributed by atoms with Crippen molar-refractivity contribution >= 4 is 0 Å². The smallest absolute Gasteiger partial charge is 0.137 e. The van der Waals surface area contributed by atoms with E-state index in [9.17, 15) is 0 Å². The monoisotopic (exact) mass is 297 g/mol. The van der Waals surface area contributed by atoms with Crippen LogP contribution in [0.25, 0.3) is 0 Å². The number of benzene rings is 1. The number of nitrogens with zero attached hydrogens (tertiary/aromatic N) is 4. The quantitative estimate of drug-likeness (QED) is 0.757. The fourth-order valence-electron chi connectivity index (χ4n) is 2.23. The first kappa shape index (κ1) is 14.5. The van der Waals surface area contributed by atoms with Crippen molar-refractivity contribution in [1.29, 1.82) is 0 Å². The molecule has 0 amide bonds. The van der Waals surface area contributed by atoms with Crippen LogP contribution in [-0.4, -0.2) is 19.9 Å². The molecule has 2 aromatic heterocycles. The Balaban J connectivity index is 1.54. The van der Waals surface area contributed by atoms with Crippen molar-refractivity contribution in [3.63, 3.8) is 0 Å². The molecular weight excluding hydrogens is 278 g/mol. The zero-order valence-corrected chi connectivity index (χ0v) is 12.7. The van der Waals surface area contributed by atoms with Crippen LogP contribution in [-0.2, 0) is 13.1 Å². The van der Waals surface area contributed by atoms with Gasteiger partial charge in [-0.15, -0.1) is 0 Å². The lowest BCUT2D eigenvalue weighted by Crippen LogP contribution is -2.18. The second kappa shape index (κ2) is 6.53. The summed E-state index contributed by atoms with van der Waals surface area (Å²) in [5.41, 5.74) is 3.36. The van der Waals surface area contributed by atoms with Gasteiger partial charge in [-0.1, -0.05) is 29.4 Å². The lowest BCUT2D eigenvalue weighted by molar-refractivity contribution is 0.380. The third-order valence-corrected chi connectivity index (χ3v) is 3.54. The first-order valence-corrected chi connectivity index (χ1v) is 7.27. The predicted octanol–water partition coefficient (Wildman–Crippen LogP) is 2.47. The summed E-state index contributed by atoms with van der Waals surface area (Å²) in [5, 5.41) is 11.6. The Bertz CT molecular complexity index is 702. The van der Waals surface area contributed by atoms with Crippen LogP contribution in [0.3, 0.4) is 0 Å². The molecule has 3 aromatic rings. The molecule has 0 bridgehead atoms. The molecule has 3 rings (SSSR count). The van der Waals surface area contributed by atoms with E-state index in [1.54, 1.807) is 12.7 Å². The minimum atomic E-state index is 0.160. The van der Waals surface area contributed by atoms with E-state index in [1.165, 1.54) is 11.1 Å². The van der Waals surface area contributed by atoms with Crippen LogP contribution >= 0.6 is 0 Å². The van der Waals surface area contributed by atoms with Crippen molar-refractivity contribution in [2.75, 3.05) is 0 Å². The molecule has 0 fully saturated rings. The van der Waals surface area contributed by atoms with Crippen molar-refractivity contribution in [2.24, 2.45) is 0 Å². The Morgan fingerprint density at radius 2 is 2.00 bits per heavy atom. The molecule has 0 saturated heterocycles. The Hall–Kier alpha value is -2.47. The standard InChI is InChI=1S/C16H19N5O/c1-12-7-16(20-22-12)13(2)18-8-14-3-5-15(6-4-14)9-21-11-17-10-19-21/h3-7,10-11,13,18H,8-9H2,1-2H3. The molecular formula is C16H19N5O. The Kier molecular flexibility index (Phi) is 4.29. The molecule has 22 heavy (non-hydrogen) atoms. The van der Waals surface area contributed by atoms with Crippen molar-refractivity contribution < 1.29 is 4.52 Å². The molecule has 114 valence electrons. The van der Waals surface area contributed by atoms with Gasteiger partial charge in [0.1, 0.15) is 24.1 Å². The van der Waals surface area contributed by atoms with Gasteiger partial charge < -0.3 is 9.84 Å². The summed E-state index contributed by atoms with van der Waals surface area (Å²) in [4.78, 5) is 3.94. The Morgan fingerprint density at radius 1 is 1.23 bits per heavy atom. The number of aromatic nitrogens is 4. The first-order chi connectivity index (χ1) is 10.7. The molecule has 2 heterocycles. The van der Waals surface area contributed by atoms with Crippen LogP contribution in [0.5, 0.6) is 0 Å². The van der Waals surface area contributed by atoms with Gasteiger partial charge in [-0.05, 0) is 25.0 Å². The average Bonchev–Trinajstić information content (AvgIpc) is 3.18. The van der Waals surface area contributed by atoms with Gasteiger partial charge in [0.05, 0.1) is 12.6 Å². The van der Waals surface area contributed by atoms with Crippen LogP contribution in [0.2, 0.25) is 0 Å². The van der Waals surface area contributed by atoms with Gasteiger partial charge in [0.15, 0.2) is 0 Å². The van der Waals surface area contributed by atoms with Crippen LogP contribution < -0.4 is 5.32 Å². The van der Waals surface area contributed by atoms with E-state index in [2.05, 4.69) is 51.7 Å². The van der Waals surface area contributed by atoms with E-state index < -0.39 is 0 Å². The highest BCUT2D eigenvalue weighted by Gasteiger charge is 2.09. The molecule has 0 saturated carbocycles. The van der Waals surface area contributed by atoms with E-state index in [0.717, 1.165) is 24.5 Å². The maximum Gasteiger partial charge on any atom is 0.137 e. The maximum absolute atomic E-state index is 5.10. The largest absolute Gasteiger partial charge is 0.361 e. The summed E-state index contributed by atoms with van der Waals surface area (Å²) in [5.74, 6) is 0.834. The summed E-state index contributed by atoms with van der Waals surface area (Å²) in [6, 6.07) is 10.6. The van der Waals surface area contributed by atoms with Gasteiger partial charge in [0.25, 0.3) is 0 Å². The van der Waals surface area contributed by atoms with E-state index in [4.69, 9.17) is 4.52 Å². The number of hydrogen-bond acceptors (Lipinski definition) is 5. The number of rotatable bonds is 6. The molecule has 0 spiro atoms. The SMILES string of the molecule is Cc1cc(C(C)NCc2ccc(Cn3cncn3)cc2)no1. The van der Waals surface area contributed by atoms with Crippen molar-refractivity contribution in [1.82, 2.24) is 25.2 Å². The van der Waals surface area contributed by atoms with E-state index in [0.29, 0.717) is 0 Å². The van der Waals surface area contributed by atoms with Gasteiger partial charge in [0.2, 0.25) is 0 Å². The molecule has 6 heteroatoms. The molecule has 1 N–H and O–H groups in total. The molecule has 1 atom stereocenters. The highest BCUT2D eigenvalue weighted by atomic mass is 16.5. The number of hydrogen-bond donors (Lipinski definition) is 1. The minimum Gasteiger partial charge on any atom is -0.361 e. The van der Waals surface area contributed by atoms with Gasteiger partial charge in [-0.2, -0.15) is 5.10 Å². The molecule has 1 aromatic carbocycles. The highest BCUT2D eigenvalue weighted by Crippen LogP contribution is 2.13. The average molecular weight is 297 g/mol. The van der Waals surface area contributed by atoms with Crippen molar-refractivity contribution in [3.8, 4) is 0 Å². The molecule has 1 unspecified atom stereocenters. The highest BCUT2D eigenvalue weighted by molar-refractivity contribution is 5.22. The first-order valence-electron chi connectivity index (χ1n) is 7.27. The third kappa shape index (κ3) is 3.59. The van der Waals surface area contributed by atoms with Crippen LogP contribution in [0.15, 0.2) is 47.5 Å². The van der Waals surface area contributed by atoms with E-state index in [1.807, 2.05) is 17.7 Å². The summed E-state index contributed by atoms with van der Waals surface area (Å²) in [6.45, 7) is 5.51. The van der Waals surface area contributed by atoms with Crippen LogP contribution in [0, 0.1) is 6.92 Å². The van der Waals surface area contributed by atoms with Gasteiger partial charge in [0, 0.05) is 12.6 Å². The summed E-state index contributed by atoms with van der Waals surface area (Å²) >= 11 is 0. The summed E-state index contributed by atoms with van der Waals surface area (Å²) in [6.07, 6.45) is 3.27. The lowest BCUT2D eigenvalue weighted by atomic mass is 10.1. The second-order valence-corrected chi connectivity index (χ2v) is 5.37. The summed E-state index contributed by atoms with van der Waals surface area (Å²) < 4.78 is 6.91. The van der Waals surface area contributed by atoms with Crippen LogP contribution in [0.1, 0.15) is 35.5 Å². The van der Waals surface area contributed by atoms with Gasteiger partial charge in [-0.25, -0.2) is 9.67 Å². The topological polar surface area (TPSA) is 68.8 Å². The maximum atomic E-state index is 5.10. The zero-order valence-electron chi connectivity index (χ0n) is 12.7. The minimum absolute atomic E-state index is 0.160. The molecule has 0 aliphatic rings. The normalized spacial score (nSPS) is 12.5. The number of aryl methyl sites for hydroxylation is 1. The predicted molar refractivity (Wildman–Crippen MR) is 82.1 cm³/mol. The zero-order chi connectivity index (χ0) is 15.4. The van der Waals surface area contributed by atoms with E-state index in [-0.39, 0.29) is 6.04 Å². The van der Waals surface area contributed by atoms with Crippen LogP contribution in [0.4, 0.5) is 0 Å². The molecule has 0 aliphatic heterocycles. The molecule has 0 aliphatic carbocycles. The lowest BCUT2D eigenvalue weighted by Gasteiger charge is -2.11. The molecule has 0 radical (unpaired) electrons. The van der Waals surface area contributed by atoms with Crippen molar-refractivity contribution in [3.05, 3.63) is 65.6 Å². The summed E-state index contributed by atoms with van der Waals surface area (Å²) in [7, 11) is 0. The van der Waals surface area contributed by atoms with Gasteiger partial charge >= 0.3 is 0 Å². The molecule has 6 nitrogen and oxygen atoms in total. The Morgan fingerprint density at radius 3 is 2.64 bits per heavy atom. The Labute approximate surface area is 129 Å².